The van der Waals surface area contributed by atoms with Crippen LogP contribution in [0.1, 0.15) is 30.4 Å². The van der Waals surface area contributed by atoms with E-state index in [0.717, 1.165) is 29.7 Å². The van der Waals surface area contributed by atoms with E-state index in [-0.39, 0.29) is 12.6 Å². The number of carbonyl (C=O) groups excluding carboxylic acids is 1. The van der Waals surface area contributed by atoms with E-state index in [4.69, 9.17) is 5.11 Å². The molecule has 4 heteroatoms. The first-order valence-electron chi connectivity index (χ1n) is 6.46. The first-order valence-corrected chi connectivity index (χ1v) is 6.46. The van der Waals surface area contributed by atoms with Crippen molar-refractivity contribution in [3.05, 3.63) is 29.3 Å². The lowest BCUT2D eigenvalue weighted by atomic mass is 9.93. The van der Waals surface area contributed by atoms with Gasteiger partial charge in [0.15, 0.2) is 0 Å². The summed E-state index contributed by atoms with van der Waals surface area (Å²) in [6.07, 6.45) is 3.32. The highest BCUT2D eigenvalue weighted by atomic mass is 16.2. The van der Waals surface area contributed by atoms with E-state index in [1.54, 1.807) is 6.07 Å². The Balaban J connectivity index is 2.02. The van der Waals surface area contributed by atoms with E-state index in [0.29, 0.717) is 6.04 Å². The lowest BCUT2D eigenvalue weighted by Gasteiger charge is -2.26. The number of anilines is 1. The number of hydrogen-bond donors (Lipinski definition) is 3. The van der Waals surface area contributed by atoms with Crippen LogP contribution >= 0.6 is 0 Å². The van der Waals surface area contributed by atoms with Crippen LogP contribution in [-0.2, 0) is 0 Å². The van der Waals surface area contributed by atoms with Crippen LogP contribution in [0, 0.1) is 18.8 Å². The van der Waals surface area contributed by atoms with Crippen LogP contribution in [0.2, 0.25) is 0 Å². The summed E-state index contributed by atoms with van der Waals surface area (Å²) >= 11 is 0. The fraction of sp³-hybridized carbons (Fsp3) is 0.400. The number of carbonyl (C=O) groups is 1. The molecule has 1 aromatic carbocycles. The van der Waals surface area contributed by atoms with Gasteiger partial charge in [0.1, 0.15) is 6.61 Å². The molecular formula is C15H18N2O2. The first-order chi connectivity index (χ1) is 9.17. The second-order valence-corrected chi connectivity index (χ2v) is 4.77. The van der Waals surface area contributed by atoms with Crippen LogP contribution in [0.5, 0.6) is 0 Å². The molecular weight excluding hydrogens is 240 g/mol. The summed E-state index contributed by atoms with van der Waals surface area (Å²) in [5.74, 6) is 5.44. The number of urea groups is 1. The van der Waals surface area contributed by atoms with Gasteiger partial charge in [0, 0.05) is 17.3 Å². The predicted octanol–water partition coefficient (Wildman–Crippen LogP) is 2.01. The van der Waals surface area contributed by atoms with E-state index < -0.39 is 0 Å². The Bertz CT molecular complexity index is 525. The predicted molar refractivity (Wildman–Crippen MR) is 74.9 cm³/mol. The monoisotopic (exact) mass is 258 g/mol. The van der Waals surface area contributed by atoms with Crippen molar-refractivity contribution in [1.29, 1.82) is 0 Å². The molecule has 100 valence electrons. The molecule has 0 aliphatic heterocycles. The molecule has 2 rings (SSSR count). The molecule has 0 bridgehead atoms. The zero-order valence-electron chi connectivity index (χ0n) is 11.0. The van der Waals surface area contributed by atoms with Crippen molar-refractivity contribution in [3.63, 3.8) is 0 Å². The van der Waals surface area contributed by atoms with Crippen molar-refractivity contribution in [2.45, 2.75) is 32.2 Å². The van der Waals surface area contributed by atoms with Gasteiger partial charge in [-0.3, -0.25) is 0 Å². The first kappa shape index (κ1) is 13.4. The highest BCUT2D eigenvalue weighted by molar-refractivity contribution is 5.89. The zero-order chi connectivity index (χ0) is 13.7. The highest BCUT2D eigenvalue weighted by Crippen LogP contribution is 2.18. The molecule has 4 nitrogen and oxygen atoms in total. The smallest absolute Gasteiger partial charge is 0.319 e. The van der Waals surface area contributed by atoms with Gasteiger partial charge in [0.25, 0.3) is 0 Å². The summed E-state index contributed by atoms with van der Waals surface area (Å²) < 4.78 is 0. The van der Waals surface area contributed by atoms with Crippen molar-refractivity contribution < 1.29 is 9.90 Å². The Labute approximate surface area is 113 Å². The maximum absolute atomic E-state index is 11.8. The molecule has 0 unspecified atom stereocenters. The van der Waals surface area contributed by atoms with Gasteiger partial charge in [0.2, 0.25) is 0 Å². The Hall–Kier alpha value is -1.99. The number of aliphatic hydroxyl groups is 1. The molecule has 0 spiro atoms. The van der Waals surface area contributed by atoms with Gasteiger partial charge in [-0.2, -0.15) is 0 Å². The molecule has 0 saturated heterocycles. The van der Waals surface area contributed by atoms with Crippen LogP contribution < -0.4 is 10.6 Å². The lowest BCUT2D eigenvalue weighted by Crippen LogP contribution is -2.41. The van der Waals surface area contributed by atoms with Crippen LogP contribution in [0.15, 0.2) is 18.2 Å². The Kier molecular flexibility index (Phi) is 4.43. The summed E-state index contributed by atoms with van der Waals surface area (Å²) in [4.78, 5) is 11.8. The molecule has 1 fully saturated rings. The number of hydrogen-bond acceptors (Lipinski definition) is 2. The van der Waals surface area contributed by atoms with Crippen molar-refractivity contribution in [3.8, 4) is 11.8 Å². The maximum atomic E-state index is 11.8. The largest absolute Gasteiger partial charge is 0.384 e. The van der Waals surface area contributed by atoms with Crippen molar-refractivity contribution >= 4 is 11.7 Å². The lowest BCUT2D eigenvalue weighted by molar-refractivity contribution is 0.240. The average molecular weight is 258 g/mol. The molecule has 0 heterocycles. The van der Waals surface area contributed by atoms with Gasteiger partial charge in [-0.1, -0.05) is 11.8 Å². The molecule has 0 atom stereocenters. The van der Waals surface area contributed by atoms with E-state index in [2.05, 4.69) is 22.5 Å². The fourth-order valence-corrected chi connectivity index (χ4v) is 1.97. The Morgan fingerprint density at radius 2 is 2.21 bits per heavy atom. The van der Waals surface area contributed by atoms with Gasteiger partial charge in [0.05, 0.1) is 0 Å². The molecule has 1 aromatic rings. The second kappa shape index (κ2) is 6.26. The van der Waals surface area contributed by atoms with Gasteiger partial charge >= 0.3 is 6.03 Å². The maximum Gasteiger partial charge on any atom is 0.319 e. The molecule has 0 aromatic heterocycles. The minimum Gasteiger partial charge on any atom is -0.384 e. The van der Waals surface area contributed by atoms with Crippen molar-refractivity contribution in [2.75, 3.05) is 11.9 Å². The van der Waals surface area contributed by atoms with E-state index in [1.807, 2.05) is 19.1 Å². The SMILES string of the molecule is Cc1cc(C#CCO)cc(NC(=O)NC2CCC2)c1. The number of benzene rings is 1. The van der Waals surface area contributed by atoms with Crippen molar-refractivity contribution in [1.82, 2.24) is 5.32 Å². The topological polar surface area (TPSA) is 61.4 Å². The number of rotatable bonds is 2. The van der Waals surface area contributed by atoms with Crippen LogP contribution in [0.3, 0.4) is 0 Å². The van der Waals surface area contributed by atoms with Gasteiger partial charge < -0.3 is 15.7 Å². The molecule has 1 aliphatic rings. The average Bonchev–Trinajstić information content (AvgIpc) is 2.30. The van der Waals surface area contributed by atoms with E-state index in [9.17, 15) is 4.79 Å². The van der Waals surface area contributed by atoms with Gasteiger partial charge in [-0.25, -0.2) is 4.79 Å². The summed E-state index contributed by atoms with van der Waals surface area (Å²) in [7, 11) is 0. The number of nitrogens with one attached hydrogen (secondary N) is 2. The summed E-state index contributed by atoms with van der Waals surface area (Å²) in [5.41, 5.74) is 2.52. The molecule has 3 N–H and O–H groups in total. The fourth-order valence-electron chi connectivity index (χ4n) is 1.97. The van der Waals surface area contributed by atoms with E-state index >= 15 is 0 Å². The summed E-state index contributed by atoms with van der Waals surface area (Å²) in [5, 5.41) is 14.4. The van der Waals surface area contributed by atoms with E-state index in [1.165, 1.54) is 6.42 Å². The Morgan fingerprint density at radius 3 is 2.84 bits per heavy atom. The molecule has 0 radical (unpaired) electrons. The molecule has 19 heavy (non-hydrogen) atoms. The zero-order valence-corrected chi connectivity index (χ0v) is 11.0. The third kappa shape index (κ3) is 4.01. The molecule has 1 saturated carbocycles. The Morgan fingerprint density at radius 1 is 1.42 bits per heavy atom. The number of amides is 2. The van der Waals surface area contributed by atoms with Crippen LogP contribution in [-0.4, -0.2) is 23.8 Å². The summed E-state index contributed by atoms with van der Waals surface area (Å²) in [6.45, 7) is 1.78. The molecule has 2 amide bonds. The minimum absolute atomic E-state index is 0.168. The third-order valence-electron chi connectivity index (χ3n) is 3.09. The third-order valence-corrected chi connectivity index (χ3v) is 3.09. The number of aryl methyl sites for hydroxylation is 1. The van der Waals surface area contributed by atoms with Crippen molar-refractivity contribution in [2.24, 2.45) is 0 Å². The van der Waals surface area contributed by atoms with Gasteiger partial charge in [-0.15, -0.1) is 0 Å². The highest BCUT2D eigenvalue weighted by Gasteiger charge is 2.19. The minimum atomic E-state index is -0.170. The quantitative estimate of drug-likeness (QED) is 0.711. The number of aliphatic hydroxyl groups excluding tert-OH is 1. The van der Waals surface area contributed by atoms with Gasteiger partial charge in [-0.05, 0) is 49.9 Å². The second-order valence-electron chi connectivity index (χ2n) is 4.77. The van der Waals surface area contributed by atoms with Crippen LogP contribution in [0.25, 0.3) is 0 Å². The summed E-state index contributed by atoms with van der Waals surface area (Å²) in [6, 6.07) is 5.76. The normalized spacial score (nSPS) is 14.0. The van der Waals surface area contributed by atoms with Crippen LogP contribution in [0.4, 0.5) is 10.5 Å². The molecule has 1 aliphatic carbocycles. The standard InChI is InChI=1S/C15H18N2O2/c1-11-8-12(4-3-7-18)10-14(9-11)17-15(19)16-13-5-2-6-13/h8-10,13,18H,2,5-7H2,1H3,(H2,16,17,19).